The van der Waals surface area contributed by atoms with Crippen LogP contribution >= 0.6 is 15.9 Å². The molecule has 2 rings (SSSR count). The molecule has 2 nitrogen and oxygen atoms in total. The van der Waals surface area contributed by atoms with Crippen molar-refractivity contribution in [1.29, 1.82) is 0 Å². The molecule has 0 heterocycles. The molecule has 0 saturated heterocycles. The average molecular weight is 299 g/mol. The minimum atomic E-state index is 0.180. The Morgan fingerprint density at radius 2 is 1.94 bits per heavy atom. The van der Waals surface area contributed by atoms with Crippen LogP contribution in [0.1, 0.15) is 24.5 Å². The Morgan fingerprint density at radius 1 is 1.29 bits per heavy atom. The van der Waals surface area contributed by atoms with Gasteiger partial charge in [-0.1, -0.05) is 34.1 Å². The van der Waals surface area contributed by atoms with Crippen LogP contribution in [0.15, 0.2) is 18.2 Å². The van der Waals surface area contributed by atoms with E-state index < -0.39 is 0 Å². The highest BCUT2D eigenvalue weighted by Gasteiger charge is 2.42. The summed E-state index contributed by atoms with van der Waals surface area (Å²) in [6, 6.07) is 6.23. The van der Waals surface area contributed by atoms with Crippen LogP contribution in [0, 0.1) is 13.8 Å². The first kappa shape index (κ1) is 12.9. The van der Waals surface area contributed by atoms with Crippen molar-refractivity contribution in [3.63, 3.8) is 0 Å². The summed E-state index contributed by atoms with van der Waals surface area (Å²) in [5.41, 5.74) is 2.39. The standard InChI is InChI=1S/C14H19BrO2/c1-4-16-14-11(15)8-12(14)17-13-9(2)6-5-7-10(13)3/h5-7,11-12,14H,4,8H2,1-3H3. The molecule has 94 valence electrons. The van der Waals surface area contributed by atoms with Crippen molar-refractivity contribution in [2.45, 2.75) is 44.2 Å². The molecule has 3 unspecified atom stereocenters. The van der Waals surface area contributed by atoms with E-state index in [4.69, 9.17) is 9.47 Å². The molecule has 1 aromatic rings. The molecule has 0 spiro atoms. The van der Waals surface area contributed by atoms with Crippen LogP contribution in [0.4, 0.5) is 0 Å². The number of benzene rings is 1. The molecule has 17 heavy (non-hydrogen) atoms. The summed E-state index contributed by atoms with van der Waals surface area (Å²) in [6.45, 7) is 6.93. The lowest BCUT2D eigenvalue weighted by molar-refractivity contribution is -0.0727. The quantitative estimate of drug-likeness (QED) is 0.791. The van der Waals surface area contributed by atoms with Gasteiger partial charge >= 0.3 is 0 Å². The smallest absolute Gasteiger partial charge is 0.127 e. The Morgan fingerprint density at radius 3 is 2.47 bits per heavy atom. The van der Waals surface area contributed by atoms with Crippen molar-refractivity contribution >= 4 is 15.9 Å². The summed E-state index contributed by atoms with van der Waals surface area (Å²) < 4.78 is 11.8. The minimum absolute atomic E-state index is 0.180. The maximum absolute atomic E-state index is 6.09. The van der Waals surface area contributed by atoms with Gasteiger partial charge in [-0.05, 0) is 31.9 Å². The van der Waals surface area contributed by atoms with Gasteiger partial charge in [-0.3, -0.25) is 0 Å². The molecular formula is C14H19BrO2. The van der Waals surface area contributed by atoms with E-state index in [2.05, 4.69) is 48.0 Å². The van der Waals surface area contributed by atoms with Gasteiger partial charge in [0.1, 0.15) is 18.0 Å². The lowest BCUT2D eigenvalue weighted by Crippen LogP contribution is -2.52. The second-order valence-corrected chi connectivity index (χ2v) is 5.73. The Kier molecular flexibility index (Phi) is 4.10. The van der Waals surface area contributed by atoms with Gasteiger partial charge in [-0.25, -0.2) is 0 Å². The average Bonchev–Trinajstić information content (AvgIpc) is 2.29. The molecule has 0 amide bonds. The lowest BCUT2D eigenvalue weighted by Gasteiger charge is -2.41. The van der Waals surface area contributed by atoms with E-state index in [-0.39, 0.29) is 12.2 Å². The van der Waals surface area contributed by atoms with Gasteiger partial charge in [0, 0.05) is 17.9 Å². The van der Waals surface area contributed by atoms with E-state index in [1.54, 1.807) is 0 Å². The Bertz CT molecular complexity index is 372. The van der Waals surface area contributed by atoms with Crippen LogP contribution in [0.2, 0.25) is 0 Å². The van der Waals surface area contributed by atoms with E-state index in [1.165, 1.54) is 11.1 Å². The number of hydrogen-bond acceptors (Lipinski definition) is 2. The summed E-state index contributed by atoms with van der Waals surface area (Å²) in [5, 5.41) is 0. The normalized spacial score (nSPS) is 27.6. The first-order valence-electron chi connectivity index (χ1n) is 6.12. The van der Waals surface area contributed by atoms with E-state index in [0.29, 0.717) is 4.83 Å². The molecule has 0 aromatic heterocycles. The van der Waals surface area contributed by atoms with Gasteiger partial charge in [0.25, 0.3) is 0 Å². The van der Waals surface area contributed by atoms with Crippen molar-refractivity contribution in [3.05, 3.63) is 29.3 Å². The fourth-order valence-electron chi connectivity index (χ4n) is 2.18. The predicted octanol–water partition coefficient (Wildman–Crippen LogP) is 3.62. The monoisotopic (exact) mass is 298 g/mol. The first-order valence-corrected chi connectivity index (χ1v) is 7.03. The number of para-hydroxylation sites is 1. The first-order chi connectivity index (χ1) is 8.13. The van der Waals surface area contributed by atoms with E-state index >= 15 is 0 Å². The second-order valence-electron chi connectivity index (χ2n) is 4.55. The fourth-order valence-corrected chi connectivity index (χ4v) is 3.04. The van der Waals surface area contributed by atoms with Crippen molar-refractivity contribution in [2.24, 2.45) is 0 Å². The van der Waals surface area contributed by atoms with Crippen LogP contribution in [-0.2, 0) is 4.74 Å². The number of rotatable bonds is 4. The van der Waals surface area contributed by atoms with E-state index in [0.717, 1.165) is 18.8 Å². The zero-order valence-electron chi connectivity index (χ0n) is 10.6. The predicted molar refractivity (Wildman–Crippen MR) is 73.1 cm³/mol. The summed E-state index contributed by atoms with van der Waals surface area (Å²) in [5.74, 6) is 1.02. The molecule has 3 heteroatoms. The maximum atomic E-state index is 6.09. The Balaban J connectivity index is 2.06. The van der Waals surface area contributed by atoms with Gasteiger partial charge < -0.3 is 9.47 Å². The number of halogens is 1. The summed E-state index contributed by atoms with van der Waals surface area (Å²) >= 11 is 3.61. The number of ether oxygens (including phenoxy) is 2. The van der Waals surface area contributed by atoms with Crippen molar-refractivity contribution < 1.29 is 9.47 Å². The lowest BCUT2D eigenvalue weighted by atomic mass is 9.91. The maximum Gasteiger partial charge on any atom is 0.127 e. The van der Waals surface area contributed by atoms with Crippen molar-refractivity contribution in [1.82, 2.24) is 0 Å². The van der Waals surface area contributed by atoms with E-state index in [9.17, 15) is 0 Å². The molecule has 1 aliphatic rings. The van der Waals surface area contributed by atoms with Gasteiger partial charge in [-0.2, -0.15) is 0 Å². The largest absolute Gasteiger partial charge is 0.487 e. The van der Waals surface area contributed by atoms with Gasteiger partial charge in [0.15, 0.2) is 0 Å². The third kappa shape index (κ3) is 2.66. The van der Waals surface area contributed by atoms with Crippen molar-refractivity contribution in [3.8, 4) is 5.75 Å². The molecule has 1 aromatic carbocycles. The fraction of sp³-hybridized carbons (Fsp3) is 0.571. The van der Waals surface area contributed by atoms with Gasteiger partial charge in [-0.15, -0.1) is 0 Å². The highest BCUT2D eigenvalue weighted by atomic mass is 79.9. The second kappa shape index (κ2) is 5.40. The number of alkyl halides is 1. The third-order valence-electron chi connectivity index (χ3n) is 3.22. The Labute approximate surface area is 111 Å². The molecule has 0 aliphatic heterocycles. The SMILES string of the molecule is CCOC1C(Br)CC1Oc1c(C)cccc1C. The van der Waals surface area contributed by atoms with Crippen LogP contribution in [0.5, 0.6) is 5.75 Å². The van der Waals surface area contributed by atoms with Crippen LogP contribution < -0.4 is 4.74 Å². The summed E-state index contributed by atoms with van der Waals surface area (Å²) in [4.78, 5) is 0.428. The molecule has 1 fully saturated rings. The Hall–Kier alpha value is -0.540. The number of aryl methyl sites for hydroxylation is 2. The molecule has 0 radical (unpaired) electrons. The molecule has 1 aliphatic carbocycles. The van der Waals surface area contributed by atoms with Crippen LogP contribution in [0.25, 0.3) is 0 Å². The van der Waals surface area contributed by atoms with E-state index in [1.807, 2.05) is 6.92 Å². The summed E-state index contributed by atoms with van der Waals surface area (Å²) in [7, 11) is 0. The summed E-state index contributed by atoms with van der Waals surface area (Å²) in [6.07, 6.45) is 1.37. The zero-order valence-corrected chi connectivity index (χ0v) is 12.2. The molecule has 0 bridgehead atoms. The number of hydrogen-bond donors (Lipinski definition) is 0. The van der Waals surface area contributed by atoms with Gasteiger partial charge in [0.2, 0.25) is 0 Å². The van der Waals surface area contributed by atoms with Crippen LogP contribution in [0.3, 0.4) is 0 Å². The molecule has 0 N–H and O–H groups in total. The van der Waals surface area contributed by atoms with Crippen LogP contribution in [-0.4, -0.2) is 23.6 Å². The minimum Gasteiger partial charge on any atom is -0.487 e. The topological polar surface area (TPSA) is 18.5 Å². The highest BCUT2D eigenvalue weighted by Crippen LogP contribution is 2.36. The highest BCUT2D eigenvalue weighted by molar-refractivity contribution is 9.09. The van der Waals surface area contributed by atoms with Gasteiger partial charge in [0.05, 0.1) is 0 Å². The van der Waals surface area contributed by atoms with Crippen molar-refractivity contribution in [2.75, 3.05) is 6.61 Å². The third-order valence-corrected chi connectivity index (χ3v) is 4.11. The zero-order chi connectivity index (χ0) is 12.4. The molecular weight excluding hydrogens is 280 g/mol. The molecule has 1 saturated carbocycles. The molecule has 3 atom stereocenters.